The number of amides is 1. The largest absolute Gasteiger partial charge is 0.317 e. The third kappa shape index (κ3) is 2.64. The Hall–Kier alpha value is -1.60. The molecular weight excluding hydrogens is 154 g/mol. The maximum absolute atomic E-state index is 10.3. The second-order valence-corrected chi connectivity index (χ2v) is 1.45. The quantitative estimate of drug-likeness (QED) is 0.213. The van der Waals surface area contributed by atoms with Crippen LogP contribution in [0, 0.1) is 22.9 Å². The Morgan fingerprint density at radius 1 is 1.40 bits per heavy atom. The van der Waals surface area contributed by atoms with Crippen LogP contribution in [0.1, 0.15) is 0 Å². The number of nitriles is 2. The van der Waals surface area contributed by atoms with Gasteiger partial charge < -0.3 is 0 Å². The number of thiol groups is 1. The summed E-state index contributed by atoms with van der Waals surface area (Å²) in [7, 11) is 0. The second kappa shape index (κ2) is 4.30. The van der Waals surface area contributed by atoms with Gasteiger partial charge in [-0.1, -0.05) is 12.6 Å². The van der Waals surface area contributed by atoms with Crippen molar-refractivity contribution in [3.63, 3.8) is 0 Å². The highest BCUT2D eigenvalue weighted by molar-refractivity contribution is 7.96. The van der Waals surface area contributed by atoms with Gasteiger partial charge in [-0.25, -0.2) is 10.9 Å². The van der Waals surface area contributed by atoms with Crippen molar-refractivity contribution < 1.29 is 4.79 Å². The topological polar surface area (TPSA) is 91.9 Å². The molecule has 0 bridgehead atoms. The van der Waals surface area contributed by atoms with E-state index >= 15 is 0 Å². The molecule has 0 aromatic carbocycles. The SMILES string of the molecule is N#CNN(NC#N)C(=O)S. The fourth-order valence-corrected chi connectivity index (χ4v) is 0.324. The van der Waals surface area contributed by atoms with Crippen molar-refractivity contribution in [2.75, 3.05) is 0 Å². The highest BCUT2D eigenvalue weighted by Gasteiger charge is 2.04. The van der Waals surface area contributed by atoms with Crippen LogP contribution >= 0.6 is 12.6 Å². The lowest BCUT2D eigenvalue weighted by atomic mass is 11.2. The molecule has 0 radical (unpaired) electrons. The predicted molar refractivity (Wildman–Crippen MR) is 33.7 cm³/mol. The molecule has 52 valence electrons. The molecule has 0 atom stereocenters. The van der Waals surface area contributed by atoms with Gasteiger partial charge in [0.15, 0.2) is 12.4 Å². The van der Waals surface area contributed by atoms with E-state index < -0.39 is 5.24 Å². The lowest BCUT2D eigenvalue weighted by Gasteiger charge is -2.12. The number of nitrogens with one attached hydrogen (secondary N) is 2. The van der Waals surface area contributed by atoms with Gasteiger partial charge in [0.1, 0.15) is 0 Å². The maximum Gasteiger partial charge on any atom is 0.317 e. The second-order valence-electron chi connectivity index (χ2n) is 1.07. The molecule has 0 aliphatic carbocycles. The average molecular weight is 157 g/mol. The van der Waals surface area contributed by atoms with Crippen molar-refractivity contribution in [3.8, 4) is 12.4 Å². The highest BCUT2D eigenvalue weighted by Crippen LogP contribution is 1.84. The summed E-state index contributed by atoms with van der Waals surface area (Å²) in [6.45, 7) is 0. The fourth-order valence-electron chi connectivity index (χ4n) is 0.224. The Balaban J connectivity index is 3.90. The first-order chi connectivity index (χ1) is 4.72. The van der Waals surface area contributed by atoms with E-state index in [4.69, 9.17) is 10.5 Å². The third-order valence-electron chi connectivity index (χ3n) is 0.515. The highest BCUT2D eigenvalue weighted by atomic mass is 32.1. The van der Waals surface area contributed by atoms with E-state index in [9.17, 15) is 4.79 Å². The minimum absolute atomic E-state index is 0.531. The van der Waals surface area contributed by atoms with Gasteiger partial charge in [-0.2, -0.15) is 10.5 Å². The molecule has 0 aliphatic heterocycles. The smallest absolute Gasteiger partial charge is 0.258 e. The van der Waals surface area contributed by atoms with E-state index in [2.05, 4.69) is 12.6 Å². The van der Waals surface area contributed by atoms with Gasteiger partial charge in [0.25, 0.3) is 0 Å². The Kier molecular flexibility index (Phi) is 3.61. The summed E-state index contributed by atoms with van der Waals surface area (Å²) in [6, 6.07) is 0. The van der Waals surface area contributed by atoms with Crippen LogP contribution in [-0.2, 0) is 0 Å². The molecule has 2 N–H and O–H groups in total. The standard InChI is InChI=1S/C3H3N5OS/c4-1-6-8(3(9)10)7-2-5/h6-7H,(H,9,10). The summed E-state index contributed by atoms with van der Waals surface area (Å²) < 4.78 is 0. The van der Waals surface area contributed by atoms with Crippen LogP contribution in [0.3, 0.4) is 0 Å². The van der Waals surface area contributed by atoms with E-state index in [-0.39, 0.29) is 0 Å². The maximum atomic E-state index is 10.3. The molecule has 0 unspecified atom stereocenters. The van der Waals surface area contributed by atoms with Crippen molar-refractivity contribution in [2.24, 2.45) is 0 Å². The van der Waals surface area contributed by atoms with E-state index in [0.29, 0.717) is 5.12 Å². The van der Waals surface area contributed by atoms with Crippen LogP contribution in [-0.4, -0.2) is 10.4 Å². The van der Waals surface area contributed by atoms with Gasteiger partial charge in [-0.05, 0) is 0 Å². The number of hydrazine groups is 2. The first-order valence-corrected chi connectivity index (χ1v) is 2.49. The molecule has 0 fully saturated rings. The van der Waals surface area contributed by atoms with Gasteiger partial charge >= 0.3 is 5.24 Å². The summed E-state index contributed by atoms with van der Waals surface area (Å²) in [4.78, 5) is 10.3. The number of nitrogens with zero attached hydrogens (tertiary/aromatic N) is 3. The number of hydrogen-bond donors (Lipinski definition) is 3. The van der Waals surface area contributed by atoms with Gasteiger partial charge in [0, 0.05) is 0 Å². The van der Waals surface area contributed by atoms with Gasteiger partial charge in [-0.3, -0.25) is 4.79 Å². The first-order valence-electron chi connectivity index (χ1n) is 2.05. The first kappa shape index (κ1) is 8.40. The molecular formula is C3H3N5OS. The number of carbonyl (C=O) groups excluding carboxylic acids is 1. The molecule has 0 aromatic rings. The monoisotopic (exact) mass is 157 g/mol. The van der Waals surface area contributed by atoms with Crippen LogP contribution < -0.4 is 10.9 Å². The molecule has 0 saturated carbocycles. The van der Waals surface area contributed by atoms with Crippen LogP contribution in [0.25, 0.3) is 0 Å². The lowest BCUT2D eigenvalue weighted by Crippen LogP contribution is -2.45. The summed E-state index contributed by atoms with van der Waals surface area (Å²) in [5.74, 6) is 0. The van der Waals surface area contributed by atoms with E-state index in [0.717, 1.165) is 0 Å². The Bertz CT molecular complexity index is 186. The average Bonchev–Trinajstić information content (AvgIpc) is 1.87. The lowest BCUT2D eigenvalue weighted by molar-refractivity contribution is 0.192. The summed E-state index contributed by atoms with van der Waals surface area (Å²) in [6.07, 6.45) is 2.85. The van der Waals surface area contributed by atoms with Crippen molar-refractivity contribution in [1.82, 2.24) is 16.0 Å². The summed E-state index contributed by atoms with van der Waals surface area (Å²) in [5, 5.41) is 15.7. The van der Waals surface area contributed by atoms with E-state index in [1.54, 1.807) is 0 Å². The van der Waals surface area contributed by atoms with Gasteiger partial charge in [0.05, 0.1) is 0 Å². The third-order valence-corrected chi connectivity index (χ3v) is 0.715. The molecule has 0 aliphatic rings. The number of hydrogen-bond acceptors (Lipinski definition) is 5. The zero-order chi connectivity index (χ0) is 7.98. The van der Waals surface area contributed by atoms with Crippen LogP contribution in [0.5, 0.6) is 0 Å². The van der Waals surface area contributed by atoms with E-state index in [1.165, 1.54) is 12.4 Å². The van der Waals surface area contributed by atoms with Crippen molar-refractivity contribution >= 4 is 17.9 Å². The summed E-state index contributed by atoms with van der Waals surface area (Å²) in [5.41, 5.74) is 3.72. The molecule has 0 rings (SSSR count). The minimum atomic E-state index is -0.775. The molecule has 0 spiro atoms. The van der Waals surface area contributed by atoms with Crippen molar-refractivity contribution in [1.29, 1.82) is 10.5 Å². The number of rotatable bonds is 2. The van der Waals surface area contributed by atoms with E-state index in [1.807, 2.05) is 10.9 Å². The molecule has 0 saturated heterocycles. The van der Waals surface area contributed by atoms with Crippen LogP contribution in [0.2, 0.25) is 0 Å². The van der Waals surface area contributed by atoms with Gasteiger partial charge in [-0.15, -0.1) is 5.12 Å². The normalized spacial score (nSPS) is 6.70. The van der Waals surface area contributed by atoms with Crippen LogP contribution in [0.15, 0.2) is 0 Å². The molecule has 7 heteroatoms. The Labute approximate surface area is 62.4 Å². The predicted octanol–water partition coefficient (Wildman–Crippen LogP) is -0.690. The molecule has 0 aromatic heterocycles. The molecule has 10 heavy (non-hydrogen) atoms. The van der Waals surface area contributed by atoms with Crippen LogP contribution in [0.4, 0.5) is 4.79 Å². The molecule has 1 amide bonds. The Morgan fingerprint density at radius 2 is 1.80 bits per heavy atom. The van der Waals surface area contributed by atoms with Crippen molar-refractivity contribution in [3.05, 3.63) is 0 Å². The summed E-state index contributed by atoms with van der Waals surface area (Å²) >= 11 is 3.32. The van der Waals surface area contributed by atoms with Crippen molar-refractivity contribution in [2.45, 2.75) is 0 Å². The zero-order valence-electron chi connectivity index (χ0n) is 4.70. The molecule has 6 nitrogen and oxygen atoms in total. The fraction of sp³-hybridized carbons (Fsp3) is 0. The number of carbonyl (C=O) groups is 1. The minimum Gasteiger partial charge on any atom is -0.258 e. The van der Waals surface area contributed by atoms with Gasteiger partial charge in [0.2, 0.25) is 0 Å². The Morgan fingerprint density at radius 3 is 2.00 bits per heavy atom. The zero-order valence-corrected chi connectivity index (χ0v) is 5.59. The molecule has 0 heterocycles.